The lowest BCUT2D eigenvalue weighted by Gasteiger charge is -2.19. The van der Waals surface area contributed by atoms with Crippen LogP contribution in [-0.2, 0) is 24.7 Å². The Morgan fingerprint density at radius 1 is 0.889 bits per heavy atom. The van der Waals surface area contributed by atoms with Crippen molar-refractivity contribution in [3.05, 3.63) is 94.5 Å². The van der Waals surface area contributed by atoms with Gasteiger partial charge < -0.3 is 41.8 Å². The van der Waals surface area contributed by atoms with Crippen LogP contribution in [0.4, 0.5) is 36.4 Å². The summed E-state index contributed by atoms with van der Waals surface area (Å²) < 4.78 is 48.4. The van der Waals surface area contributed by atoms with E-state index in [4.69, 9.17) is 26.8 Å². The summed E-state index contributed by atoms with van der Waals surface area (Å²) in [6, 6.07) is 16.2. The fraction of sp³-hybridized carbons (Fsp3) is 0.235. The van der Waals surface area contributed by atoms with Crippen LogP contribution in [-0.4, -0.2) is 77.0 Å². The first kappa shape index (κ1) is 38.7. The SMILES string of the molecule is COC(=O)[C@H](CNC(=O)C(=O)Nc1cccc(C(N)=O)c1)NC(=O)c1ccc(Nc2nc(NC3(c4ccc(Cl)cc4)CC3)nc(OCC(F)(F)F)n2)cc1. The number of rotatable bonds is 14. The molecule has 1 heterocycles. The predicted octanol–water partition coefficient (Wildman–Crippen LogP) is 3.44. The lowest BCUT2D eigenvalue weighted by Crippen LogP contribution is -2.50. The van der Waals surface area contributed by atoms with E-state index < -0.39 is 66.5 Å². The zero-order valence-corrected chi connectivity index (χ0v) is 28.9. The summed E-state index contributed by atoms with van der Waals surface area (Å²) in [5.74, 6) is -4.92. The Hall–Kier alpha value is -6.50. The maximum absolute atomic E-state index is 13.0. The van der Waals surface area contributed by atoms with Crippen molar-refractivity contribution in [1.82, 2.24) is 25.6 Å². The lowest BCUT2D eigenvalue weighted by molar-refractivity contribution is -0.154. The quantitative estimate of drug-likeness (QED) is 0.0801. The summed E-state index contributed by atoms with van der Waals surface area (Å²) >= 11 is 6.02. The smallest absolute Gasteiger partial charge is 0.422 e. The largest absolute Gasteiger partial charge is 0.467 e. The van der Waals surface area contributed by atoms with Crippen LogP contribution in [0.15, 0.2) is 72.8 Å². The summed E-state index contributed by atoms with van der Waals surface area (Å²) in [6.07, 6.45) is -3.27. The van der Waals surface area contributed by atoms with E-state index >= 15 is 0 Å². The van der Waals surface area contributed by atoms with Crippen LogP contribution in [0.2, 0.25) is 5.02 Å². The number of nitrogens with two attached hydrogens (primary N) is 1. The van der Waals surface area contributed by atoms with Gasteiger partial charge in [-0.1, -0.05) is 29.8 Å². The number of aromatic nitrogens is 3. The third-order valence-electron chi connectivity index (χ3n) is 7.75. The van der Waals surface area contributed by atoms with Crippen LogP contribution in [0.1, 0.15) is 39.1 Å². The van der Waals surface area contributed by atoms with Gasteiger partial charge in [0, 0.05) is 34.1 Å². The molecule has 1 saturated carbocycles. The van der Waals surface area contributed by atoms with Crippen LogP contribution in [0.3, 0.4) is 0 Å². The summed E-state index contributed by atoms with van der Waals surface area (Å²) in [5, 5.41) is 13.5. The van der Waals surface area contributed by atoms with Crippen molar-refractivity contribution < 1.29 is 46.6 Å². The van der Waals surface area contributed by atoms with E-state index in [1.54, 1.807) is 12.1 Å². The highest BCUT2D eigenvalue weighted by molar-refractivity contribution is 6.39. The fourth-order valence-corrected chi connectivity index (χ4v) is 5.02. The number of nitrogens with zero attached hydrogens (tertiary/aromatic N) is 3. The van der Waals surface area contributed by atoms with Crippen molar-refractivity contribution >= 4 is 64.5 Å². The van der Waals surface area contributed by atoms with Gasteiger partial charge in [0.05, 0.1) is 12.6 Å². The molecule has 3 aromatic carbocycles. The molecular formula is C34H31ClF3N9O7. The highest BCUT2D eigenvalue weighted by Gasteiger charge is 2.45. The molecule has 7 N–H and O–H groups in total. The molecule has 1 aromatic heterocycles. The number of ether oxygens (including phenoxy) is 2. The molecule has 1 aliphatic carbocycles. The van der Waals surface area contributed by atoms with Crippen LogP contribution in [0.5, 0.6) is 6.01 Å². The van der Waals surface area contributed by atoms with Gasteiger partial charge in [-0.3, -0.25) is 19.2 Å². The number of halogens is 4. The molecule has 0 saturated heterocycles. The van der Waals surface area contributed by atoms with Crippen LogP contribution < -0.4 is 37.1 Å². The summed E-state index contributed by atoms with van der Waals surface area (Å²) in [6.45, 7) is -2.17. The van der Waals surface area contributed by atoms with Crippen molar-refractivity contribution in [1.29, 1.82) is 0 Å². The number of methoxy groups -OCH3 is 1. The molecule has 4 aromatic rings. The standard InChI is InChI=1S/C34H31ClF3N9O7/c1-53-29(52)24(16-40-27(50)28(51)41-23-4-2-3-19(15-23)25(39)48)43-26(49)18-5-11-22(12-6-18)42-30-44-31(46-32(45-30)54-17-34(36,37)38)47-33(13-14-33)20-7-9-21(35)10-8-20/h2-12,15,24H,13-14,16-17H2,1H3,(H2,39,48)(H,40,50)(H,41,51)(H,43,49)(H2,42,44,45,46,47)/t24-/m0/s1. The summed E-state index contributed by atoms with van der Waals surface area (Å²) in [4.78, 5) is 73.9. The maximum atomic E-state index is 13.0. The second-order valence-electron chi connectivity index (χ2n) is 11.7. The highest BCUT2D eigenvalue weighted by atomic mass is 35.5. The van der Waals surface area contributed by atoms with Gasteiger partial charge in [0.2, 0.25) is 17.8 Å². The minimum absolute atomic E-state index is 0.0520. The van der Waals surface area contributed by atoms with E-state index in [1.165, 1.54) is 48.5 Å². The second kappa shape index (κ2) is 16.4. The van der Waals surface area contributed by atoms with E-state index in [2.05, 4.69) is 41.5 Å². The zero-order valence-electron chi connectivity index (χ0n) is 28.1. The van der Waals surface area contributed by atoms with Gasteiger partial charge in [-0.25, -0.2) is 4.79 Å². The number of hydrogen-bond acceptors (Lipinski definition) is 12. The molecule has 0 spiro atoms. The first-order chi connectivity index (χ1) is 25.6. The van der Waals surface area contributed by atoms with E-state index in [-0.39, 0.29) is 28.7 Å². The maximum Gasteiger partial charge on any atom is 0.422 e. The average Bonchev–Trinajstić information content (AvgIpc) is 3.92. The minimum atomic E-state index is -4.65. The van der Waals surface area contributed by atoms with E-state index in [1.807, 2.05) is 12.1 Å². The van der Waals surface area contributed by atoms with E-state index in [0.29, 0.717) is 23.6 Å². The molecule has 0 radical (unpaired) electrons. The lowest BCUT2D eigenvalue weighted by atomic mass is 10.1. The van der Waals surface area contributed by atoms with Crippen molar-refractivity contribution in [2.75, 3.05) is 36.2 Å². The Balaban J connectivity index is 1.23. The molecule has 54 heavy (non-hydrogen) atoms. The Kier molecular flexibility index (Phi) is 11.8. The molecule has 1 fully saturated rings. The molecule has 5 rings (SSSR count). The molecule has 0 bridgehead atoms. The zero-order chi connectivity index (χ0) is 39.0. The van der Waals surface area contributed by atoms with Crippen molar-refractivity contribution in [3.63, 3.8) is 0 Å². The number of carbonyl (C=O) groups is 5. The molecule has 0 unspecified atom stereocenters. The first-order valence-electron chi connectivity index (χ1n) is 15.9. The summed E-state index contributed by atoms with van der Waals surface area (Å²) in [5.41, 5.74) is 6.11. The van der Waals surface area contributed by atoms with E-state index in [0.717, 1.165) is 12.7 Å². The van der Waals surface area contributed by atoms with Gasteiger partial charge in [0.1, 0.15) is 6.04 Å². The molecule has 20 heteroatoms. The molecule has 1 atom stereocenters. The molecule has 4 amide bonds. The number of primary amides is 1. The van der Waals surface area contributed by atoms with Crippen molar-refractivity contribution in [3.8, 4) is 6.01 Å². The van der Waals surface area contributed by atoms with E-state index in [9.17, 15) is 37.1 Å². The Morgan fingerprint density at radius 2 is 1.57 bits per heavy atom. The summed E-state index contributed by atoms with van der Waals surface area (Å²) in [7, 11) is 1.06. The Morgan fingerprint density at radius 3 is 2.20 bits per heavy atom. The molecule has 16 nitrogen and oxygen atoms in total. The monoisotopic (exact) mass is 769 g/mol. The average molecular weight is 770 g/mol. The highest BCUT2D eigenvalue weighted by Crippen LogP contribution is 2.48. The van der Waals surface area contributed by atoms with Gasteiger partial charge in [0.15, 0.2) is 6.61 Å². The van der Waals surface area contributed by atoms with Crippen LogP contribution >= 0.6 is 11.6 Å². The first-order valence-corrected chi connectivity index (χ1v) is 16.3. The minimum Gasteiger partial charge on any atom is -0.467 e. The normalized spacial score (nSPS) is 13.4. The van der Waals surface area contributed by atoms with Gasteiger partial charge in [-0.2, -0.15) is 28.1 Å². The number of carbonyl (C=O) groups excluding carboxylic acids is 5. The fourth-order valence-electron chi connectivity index (χ4n) is 4.90. The number of nitrogens with one attached hydrogen (secondary N) is 5. The van der Waals surface area contributed by atoms with Gasteiger partial charge in [-0.05, 0) is 73.0 Å². The number of esters is 1. The number of alkyl halides is 3. The Labute approximate surface area is 309 Å². The molecule has 282 valence electrons. The third-order valence-corrected chi connectivity index (χ3v) is 8.00. The van der Waals surface area contributed by atoms with Gasteiger partial charge >= 0.3 is 30.0 Å². The predicted molar refractivity (Wildman–Crippen MR) is 187 cm³/mol. The Bertz CT molecular complexity index is 2050. The second-order valence-corrected chi connectivity index (χ2v) is 12.2. The number of anilines is 4. The topological polar surface area (TPSA) is 229 Å². The number of hydrogen-bond donors (Lipinski definition) is 6. The molecule has 1 aliphatic rings. The van der Waals surface area contributed by atoms with Crippen molar-refractivity contribution in [2.45, 2.75) is 30.6 Å². The number of amides is 4. The van der Waals surface area contributed by atoms with Crippen LogP contribution in [0, 0.1) is 0 Å². The molecule has 0 aliphatic heterocycles. The van der Waals surface area contributed by atoms with Crippen LogP contribution in [0.25, 0.3) is 0 Å². The molecular weight excluding hydrogens is 739 g/mol. The van der Waals surface area contributed by atoms with Crippen molar-refractivity contribution in [2.24, 2.45) is 5.73 Å². The van der Waals surface area contributed by atoms with Gasteiger partial charge in [-0.15, -0.1) is 0 Å². The number of benzene rings is 3. The third kappa shape index (κ3) is 10.5. The van der Waals surface area contributed by atoms with Gasteiger partial charge in [0.25, 0.3) is 5.91 Å².